The van der Waals surface area contributed by atoms with Crippen molar-refractivity contribution in [3.8, 4) is 17.0 Å². The summed E-state index contributed by atoms with van der Waals surface area (Å²) in [5.41, 5.74) is 6.69. The summed E-state index contributed by atoms with van der Waals surface area (Å²) in [7, 11) is 1.69. The van der Waals surface area contributed by atoms with Gasteiger partial charge in [0.15, 0.2) is 0 Å². The molecule has 0 spiro atoms. The van der Waals surface area contributed by atoms with Crippen molar-refractivity contribution in [3.05, 3.63) is 65.9 Å². The minimum absolute atomic E-state index is 0.0142. The Kier molecular flexibility index (Phi) is 5.15. The largest absolute Gasteiger partial charge is 0.495 e. The highest BCUT2D eigenvalue weighted by Gasteiger charge is 2.23. The second-order valence-corrected chi connectivity index (χ2v) is 8.81. The molecule has 0 saturated carbocycles. The zero-order valence-electron chi connectivity index (χ0n) is 19.0. The molecule has 0 atom stereocenters. The first-order valence-electron chi connectivity index (χ1n) is 11.6. The van der Waals surface area contributed by atoms with Gasteiger partial charge in [-0.25, -0.2) is 9.50 Å². The maximum Gasteiger partial charge on any atom is 0.245 e. The Morgan fingerprint density at radius 2 is 2.00 bits per heavy atom. The Labute approximate surface area is 197 Å². The van der Waals surface area contributed by atoms with Crippen LogP contribution in [0.2, 0.25) is 0 Å². The van der Waals surface area contributed by atoms with Crippen LogP contribution in [0.25, 0.3) is 16.8 Å². The topological polar surface area (TPSA) is 92.6 Å². The first-order chi connectivity index (χ1) is 16.7. The number of nitrogens with one attached hydrogen (secondary N) is 3. The van der Waals surface area contributed by atoms with Gasteiger partial charge in [0.1, 0.15) is 5.75 Å². The number of hydrogen-bond donors (Lipinski definition) is 3. The fourth-order valence-electron chi connectivity index (χ4n) is 4.97. The summed E-state index contributed by atoms with van der Waals surface area (Å²) < 4.78 is 7.55. The first kappa shape index (κ1) is 20.7. The van der Waals surface area contributed by atoms with E-state index in [0.29, 0.717) is 18.3 Å². The number of para-hydroxylation sites is 1. The van der Waals surface area contributed by atoms with Crippen LogP contribution in [0.15, 0.2) is 54.7 Å². The number of ether oxygens (including phenoxy) is 1. The fourth-order valence-corrected chi connectivity index (χ4v) is 4.97. The van der Waals surface area contributed by atoms with Crippen LogP contribution >= 0.6 is 0 Å². The molecular weight excluding hydrogens is 428 g/mol. The molecule has 0 bridgehead atoms. The van der Waals surface area contributed by atoms with Crippen LogP contribution in [-0.4, -0.2) is 40.7 Å². The second kappa shape index (κ2) is 8.46. The summed E-state index contributed by atoms with van der Waals surface area (Å²) in [5.74, 6) is 1.80. The molecule has 2 aliphatic rings. The average Bonchev–Trinajstić information content (AvgIpc) is 3.47. The number of anilines is 3. The molecule has 4 aromatic rings. The highest BCUT2D eigenvalue weighted by atomic mass is 16.5. The van der Waals surface area contributed by atoms with Crippen LogP contribution in [0, 0.1) is 0 Å². The second-order valence-electron chi connectivity index (χ2n) is 8.81. The minimum Gasteiger partial charge on any atom is -0.495 e. The van der Waals surface area contributed by atoms with E-state index in [1.807, 2.05) is 40.9 Å². The summed E-state index contributed by atoms with van der Waals surface area (Å²) >= 11 is 0. The molecule has 172 valence electrons. The zero-order chi connectivity index (χ0) is 23.1. The Morgan fingerprint density at radius 1 is 1.12 bits per heavy atom. The van der Waals surface area contributed by atoms with Crippen LogP contribution in [0.3, 0.4) is 0 Å². The van der Waals surface area contributed by atoms with Crippen LogP contribution < -0.4 is 20.7 Å². The quantitative estimate of drug-likeness (QED) is 0.420. The number of rotatable bonds is 5. The molecule has 3 N–H and O–H groups in total. The molecule has 0 radical (unpaired) electrons. The molecule has 2 aromatic carbocycles. The summed E-state index contributed by atoms with van der Waals surface area (Å²) in [6, 6.07) is 16.3. The molecule has 8 nitrogen and oxygen atoms in total. The van der Waals surface area contributed by atoms with E-state index in [4.69, 9.17) is 9.84 Å². The Hall–Kier alpha value is -3.91. The van der Waals surface area contributed by atoms with Gasteiger partial charge in [-0.15, -0.1) is 5.10 Å². The molecule has 4 heterocycles. The van der Waals surface area contributed by atoms with Gasteiger partial charge in [-0.1, -0.05) is 24.3 Å². The van der Waals surface area contributed by atoms with Gasteiger partial charge >= 0.3 is 0 Å². The third-order valence-corrected chi connectivity index (χ3v) is 6.72. The van der Waals surface area contributed by atoms with Crippen molar-refractivity contribution >= 4 is 28.7 Å². The number of carbonyl (C=O) groups excluding carboxylic acids is 1. The number of aromatic nitrogens is 3. The van der Waals surface area contributed by atoms with Gasteiger partial charge in [0, 0.05) is 5.56 Å². The molecular formula is C26H26N6O2. The molecule has 2 aromatic heterocycles. The molecule has 0 aliphatic carbocycles. The Balaban J connectivity index is 1.33. The number of carbonyl (C=O) groups is 1. The predicted octanol–water partition coefficient (Wildman–Crippen LogP) is 4.11. The lowest BCUT2D eigenvalue weighted by Crippen LogP contribution is -2.26. The normalized spacial score (nSPS) is 15.9. The van der Waals surface area contributed by atoms with Crippen LogP contribution in [0.1, 0.15) is 29.9 Å². The SMILES string of the molecule is COc1cc(C2CCNCC2)ccc1Nc1ncc2ccc(-c3cccc4c3NC(=O)C4)n2n1. The van der Waals surface area contributed by atoms with Crippen LogP contribution in [0.4, 0.5) is 17.3 Å². The monoisotopic (exact) mass is 454 g/mol. The van der Waals surface area contributed by atoms with Gasteiger partial charge in [0.25, 0.3) is 0 Å². The van der Waals surface area contributed by atoms with Crippen molar-refractivity contribution < 1.29 is 9.53 Å². The maximum absolute atomic E-state index is 12.0. The van der Waals surface area contributed by atoms with Crippen molar-refractivity contribution in [1.82, 2.24) is 19.9 Å². The van der Waals surface area contributed by atoms with Crippen molar-refractivity contribution in [2.24, 2.45) is 0 Å². The predicted molar refractivity (Wildman–Crippen MR) is 132 cm³/mol. The van der Waals surface area contributed by atoms with Crippen molar-refractivity contribution in [2.75, 3.05) is 30.8 Å². The molecule has 34 heavy (non-hydrogen) atoms. The van der Waals surface area contributed by atoms with Gasteiger partial charge in [0.2, 0.25) is 11.9 Å². The van der Waals surface area contributed by atoms with E-state index in [1.54, 1.807) is 13.3 Å². The third kappa shape index (κ3) is 3.66. The van der Waals surface area contributed by atoms with E-state index >= 15 is 0 Å². The molecule has 8 heteroatoms. The lowest BCUT2D eigenvalue weighted by molar-refractivity contribution is -0.115. The van der Waals surface area contributed by atoms with Gasteiger partial charge in [0.05, 0.1) is 42.3 Å². The van der Waals surface area contributed by atoms with Gasteiger partial charge < -0.3 is 20.7 Å². The van der Waals surface area contributed by atoms with E-state index in [0.717, 1.165) is 65.4 Å². The van der Waals surface area contributed by atoms with E-state index in [2.05, 4.69) is 33.1 Å². The van der Waals surface area contributed by atoms with E-state index in [9.17, 15) is 4.79 Å². The first-order valence-corrected chi connectivity index (χ1v) is 11.6. The molecule has 1 amide bonds. The Bertz CT molecular complexity index is 1390. The summed E-state index contributed by atoms with van der Waals surface area (Å²) in [4.78, 5) is 16.5. The van der Waals surface area contributed by atoms with E-state index in [1.165, 1.54) is 5.56 Å². The van der Waals surface area contributed by atoms with E-state index < -0.39 is 0 Å². The highest BCUT2D eigenvalue weighted by Crippen LogP contribution is 2.36. The summed E-state index contributed by atoms with van der Waals surface area (Å²) in [6.45, 7) is 2.10. The van der Waals surface area contributed by atoms with Crippen molar-refractivity contribution in [1.29, 1.82) is 0 Å². The fraction of sp³-hybridized carbons (Fsp3) is 0.269. The maximum atomic E-state index is 12.0. The van der Waals surface area contributed by atoms with Gasteiger partial charge in [-0.3, -0.25) is 4.79 Å². The van der Waals surface area contributed by atoms with Crippen LogP contribution in [-0.2, 0) is 11.2 Å². The molecule has 6 rings (SSSR count). The Morgan fingerprint density at radius 3 is 2.85 bits per heavy atom. The number of hydrogen-bond acceptors (Lipinski definition) is 6. The molecule has 0 unspecified atom stereocenters. The number of nitrogens with zero attached hydrogens (tertiary/aromatic N) is 3. The number of piperidine rings is 1. The number of amides is 1. The smallest absolute Gasteiger partial charge is 0.245 e. The lowest BCUT2D eigenvalue weighted by atomic mass is 9.90. The molecule has 2 aliphatic heterocycles. The number of methoxy groups -OCH3 is 1. The number of fused-ring (bicyclic) bond motifs is 2. The lowest BCUT2D eigenvalue weighted by Gasteiger charge is -2.24. The van der Waals surface area contributed by atoms with Gasteiger partial charge in [-0.05, 0) is 67.2 Å². The summed E-state index contributed by atoms with van der Waals surface area (Å²) in [6.07, 6.45) is 4.46. The van der Waals surface area contributed by atoms with Gasteiger partial charge in [-0.2, -0.15) is 0 Å². The van der Waals surface area contributed by atoms with Crippen LogP contribution in [0.5, 0.6) is 5.75 Å². The highest BCUT2D eigenvalue weighted by molar-refractivity contribution is 6.03. The third-order valence-electron chi connectivity index (χ3n) is 6.72. The zero-order valence-corrected chi connectivity index (χ0v) is 19.0. The van der Waals surface area contributed by atoms with Crippen molar-refractivity contribution in [3.63, 3.8) is 0 Å². The minimum atomic E-state index is 0.0142. The molecule has 1 saturated heterocycles. The average molecular weight is 455 g/mol. The molecule has 1 fully saturated rings. The summed E-state index contributed by atoms with van der Waals surface area (Å²) in [5, 5.41) is 14.5. The van der Waals surface area contributed by atoms with Crippen molar-refractivity contribution in [2.45, 2.75) is 25.2 Å². The standard InChI is InChI=1S/C26H26N6O2/c1-34-23-13-17(16-9-11-27-12-10-16)5-7-21(23)29-26-28-15-19-6-8-22(32(19)31-26)20-4-2-3-18-14-24(33)30-25(18)20/h2-8,13,15-16,27H,9-12,14H2,1H3,(H,29,31)(H,30,33). The number of benzene rings is 2. The van der Waals surface area contributed by atoms with E-state index in [-0.39, 0.29) is 5.91 Å².